The smallest absolute Gasteiger partial charge is 0.158 e. The fourth-order valence-electron chi connectivity index (χ4n) is 2.38. The first-order chi connectivity index (χ1) is 11.3. The number of rotatable bonds is 16. The van der Waals surface area contributed by atoms with Crippen LogP contribution in [0.5, 0.6) is 0 Å². The van der Waals surface area contributed by atoms with Gasteiger partial charge in [0.05, 0.1) is 11.6 Å². The van der Waals surface area contributed by atoms with Gasteiger partial charge in [0, 0.05) is 39.2 Å². The highest BCUT2D eigenvalue weighted by atomic mass is 16.7. The maximum absolute atomic E-state index is 12.4. The molecule has 0 aromatic heterocycles. The van der Waals surface area contributed by atoms with Gasteiger partial charge in [0.2, 0.25) is 0 Å². The fraction of sp³-hybridized carbons (Fsp3) is 0.947. The van der Waals surface area contributed by atoms with Crippen LogP contribution >= 0.6 is 0 Å². The van der Waals surface area contributed by atoms with Crippen LogP contribution in [0.15, 0.2) is 0 Å². The third-order valence-corrected chi connectivity index (χ3v) is 3.85. The lowest BCUT2D eigenvalue weighted by Gasteiger charge is -2.26. The molecular weight excluding hydrogens is 306 g/mol. The fourth-order valence-corrected chi connectivity index (χ4v) is 2.38. The van der Waals surface area contributed by atoms with Crippen molar-refractivity contribution in [1.82, 2.24) is 5.32 Å². The number of hydrogen-bond donors (Lipinski definition) is 1. The predicted molar refractivity (Wildman–Crippen MR) is 98.3 cm³/mol. The van der Waals surface area contributed by atoms with Crippen LogP contribution in [0.25, 0.3) is 0 Å². The van der Waals surface area contributed by atoms with Crippen LogP contribution in [0.1, 0.15) is 73.6 Å². The van der Waals surface area contributed by atoms with E-state index in [1.54, 1.807) is 0 Å². The molecule has 0 unspecified atom stereocenters. The van der Waals surface area contributed by atoms with E-state index in [1.165, 1.54) is 0 Å². The van der Waals surface area contributed by atoms with E-state index in [0.29, 0.717) is 26.2 Å². The van der Waals surface area contributed by atoms with Crippen LogP contribution in [0.2, 0.25) is 0 Å². The van der Waals surface area contributed by atoms with Crippen LogP contribution in [0, 0.1) is 0 Å². The molecule has 5 heteroatoms. The molecule has 0 spiro atoms. The van der Waals surface area contributed by atoms with Gasteiger partial charge in [-0.1, -0.05) is 6.42 Å². The molecule has 0 aliphatic rings. The second kappa shape index (κ2) is 13.8. The molecule has 5 nitrogen and oxygen atoms in total. The maximum Gasteiger partial charge on any atom is 0.158 e. The van der Waals surface area contributed by atoms with Gasteiger partial charge >= 0.3 is 0 Å². The van der Waals surface area contributed by atoms with E-state index >= 15 is 0 Å². The van der Waals surface area contributed by atoms with Gasteiger partial charge in [-0.05, 0) is 54.4 Å². The van der Waals surface area contributed by atoms with Crippen molar-refractivity contribution in [3.8, 4) is 0 Å². The summed E-state index contributed by atoms with van der Waals surface area (Å²) in [5, 5.41) is 3.34. The third kappa shape index (κ3) is 12.0. The summed E-state index contributed by atoms with van der Waals surface area (Å²) in [6.07, 6.45) is 4.42. The number of carbonyl (C=O) groups excluding carboxylic acids is 1. The highest BCUT2D eigenvalue weighted by Gasteiger charge is 2.26. The van der Waals surface area contributed by atoms with Gasteiger partial charge in [-0.25, -0.2) is 0 Å². The average Bonchev–Trinajstić information content (AvgIpc) is 2.50. The first kappa shape index (κ1) is 23.5. The average molecular weight is 346 g/mol. The van der Waals surface area contributed by atoms with Gasteiger partial charge in [-0.2, -0.15) is 0 Å². The van der Waals surface area contributed by atoms with Crippen molar-refractivity contribution in [2.75, 3.05) is 26.4 Å². The van der Waals surface area contributed by atoms with Crippen molar-refractivity contribution in [3.05, 3.63) is 0 Å². The summed E-state index contributed by atoms with van der Waals surface area (Å²) in [6, 6.07) is 0. The molecule has 0 saturated carbocycles. The molecule has 0 aromatic rings. The van der Waals surface area contributed by atoms with E-state index in [2.05, 4.69) is 5.32 Å². The SMILES string of the molecule is CCOC(CCNC(C)(C)C(=O)CCCCCOC(C)C)OCC. The van der Waals surface area contributed by atoms with Crippen molar-refractivity contribution in [2.45, 2.75) is 91.6 Å². The van der Waals surface area contributed by atoms with Crippen LogP contribution < -0.4 is 5.32 Å². The lowest BCUT2D eigenvalue weighted by Crippen LogP contribution is -2.47. The molecule has 0 aromatic carbocycles. The van der Waals surface area contributed by atoms with E-state index in [-0.39, 0.29) is 18.2 Å². The second-order valence-corrected chi connectivity index (χ2v) is 6.83. The molecule has 1 N–H and O–H groups in total. The molecule has 0 heterocycles. The molecule has 0 fully saturated rings. The van der Waals surface area contributed by atoms with Crippen molar-refractivity contribution in [2.24, 2.45) is 0 Å². The van der Waals surface area contributed by atoms with Gasteiger partial charge in [0.1, 0.15) is 0 Å². The lowest BCUT2D eigenvalue weighted by molar-refractivity contribution is -0.140. The minimum Gasteiger partial charge on any atom is -0.379 e. The first-order valence-electron chi connectivity index (χ1n) is 9.46. The number of Topliss-reactive ketones (excluding diaryl/α,β-unsaturated/α-hetero) is 1. The third-order valence-electron chi connectivity index (χ3n) is 3.85. The Morgan fingerprint density at radius 3 is 2.17 bits per heavy atom. The standard InChI is InChI=1S/C19H39NO4/c1-7-22-18(23-8-2)13-14-20-19(5,6)17(21)12-10-9-11-15-24-16(3)4/h16,18,20H,7-15H2,1-6H3. The minimum atomic E-state index is -0.503. The zero-order valence-corrected chi connectivity index (χ0v) is 16.7. The number of carbonyl (C=O) groups is 1. The second-order valence-electron chi connectivity index (χ2n) is 6.83. The highest BCUT2D eigenvalue weighted by Crippen LogP contribution is 2.12. The molecule has 0 radical (unpaired) electrons. The van der Waals surface area contributed by atoms with Gasteiger partial charge in [0.15, 0.2) is 12.1 Å². The van der Waals surface area contributed by atoms with E-state index in [9.17, 15) is 4.79 Å². The summed E-state index contributed by atoms with van der Waals surface area (Å²) in [6.45, 7) is 14.6. The topological polar surface area (TPSA) is 56.8 Å². The Bertz CT molecular complexity index is 312. The van der Waals surface area contributed by atoms with Gasteiger partial charge < -0.3 is 19.5 Å². The molecule has 24 heavy (non-hydrogen) atoms. The Kier molecular flexibility index (Phi) is 13.5. The summed E-state index contributed by atoms with van der Waals surface area (Å²) >= 11 is 0. The van der Waals surface area contributed by atoms with Crippen molar-refractivity contribution in [1.29, 1.82) is 0 Å². The normalized spacial score (nSPS) is 12.3. The van der Waals surface area contributed by atoms with E-state index in [0.717, 1.165) is 32.3 Å². The predicted octanol–water partition coefficient (Wildman–Crippen LogP) is 3.70. The molecule has 0 aliphatic heterocycles. The Morgan fingerprint density at radius 2 is 1.62 bits per heavy atom. The molecule has 0 amide bonds. The Labute approximate surface area is 148 Å². The van der Waals surface area contributed by atoms with Crippen molar-refractivity contribution >= 4 is 5.78 Å². The Hall–Kier alpha value is -0.490. The number of hydrogen-bond acceptors (Lipinski definition) is 5. The Balaban J connectivity index is 3.93. The molecule has 0 rings (SSSR count). The van der Waals surface area contributed by atoms with Crippen LogP contribution in [0.3, 0.4) is 0 Å². The number of ketones is 1. The molecule has 0 aliphatic carbocycles. The van der Waals surface area contributed by atoms with Crippen LogP contribution in [0.4, 0.5) is 0 Å². The number of nitrogens with one attached hydrogen (secondary N) is 1. The maximum atomic E-state index is 12.4. The number of ether oxygens (including phenoxy) is 3. The van der Waals surface area contributed by atoms with Crippen molar-refractivity contribution < 1.29 is 19.0 Å². The van der Waals surface area contributed by atoms with Gasteiger partial charge in [-0.3, -0.25) is 4.79 Å². The largest absolute Gasteiger partial charge is 0.379 e. The molecule has 0 bridgehead atoms. The van der Waals surface area contributed by atoms with Gasteiger partial charge in [-0.15, -0.1) is 0 Å². The van der Waals surface area contributed by atoms with Crippen LogP contribution in [-0.4, -0.2) is 50.1 Å². The summed E-state index contributed by atoms with van der Waals surface area (Å²) in [5.41, 5.74) is -0.503. The van der Waals surface area contributed by atoms with Crippen molar-refractivity contribution in [3.63, 3.8) is 0 Å². The molecule has 0 saturated heterocycles. The zero-order valence-electron chi connectivity index (χ0n) is 16.7. The summed E-state index contributed by atoms with van der Waals surface area (Å²) in [5.74, 6) is 0.261. The summed E-state index contributed by atoms with van der Waals surface area (Å²) < 4.78 is 16.5. The zero-order chi connectivity index (χ0) is 18.4. The quantitative estimate of drug-likeness (QED) is 0.341. The summed E-state index contributed by atoms with van der Waals surface area (Å²) in [4.78, 5) is 12.4. The van der Waals surface area contributed by atoms with E-state index < -0.39 is 5.54 Å². The first-order valence-corrected chi connectivity index (χ1v) is 9.46. The molecule has 0 atom stereocenters. The van der Waals surface area contributed by atoms with Gasteiger partial charge in [0.25, 0.3) is 0 Å². The Morgan fingerprint density at radius 1 is 1.00 bits per heavy atom. The van der Waals surface area contributed by atoms with E-state index in [4.69, 9.17) is 14.2 Å². The summed E-state index contributed by atoms with van der Waals surface area (Å²) in [7, 11) is 0. The van der Waals surface area contributed by atoms with E-state index in [1.807, 2.05) is 41.5 Å². The van der Waals surface area contributed by atoms with Crippen LogP contribution in [-0.2, 0) is 19.0 Å². The molecular formula is C19H39NO4. The highest BCUT2D eigenvalue weighted by molar-refractivity contribution is 5.87. The number of unbranched alkanes of at least 4 members (excludes halogenated alkanes) is 2. The molecule has 144 valence electrons. The monoisotopic (exact) mass is 345 g/mol. The minimum absolute atomic E-state index is 0.195. The lowest BCUT2D eigenvalue weighted by atomic mass is 9.94.